The molecule has 2 amide bonds. The first-order valence-corrected chi connectivity index (χ1v) is 13.6. The average Bonchev–Trinajstić information content (AvgIpc) is 3.73. The lowest BCUT2D eigenvalue weighted by atomic mass is 10.0. The van der Waals surface area contributed by atoms with E-state index in [1.54, 1.807) is 34.0 Å². The minimum Gasteiger partial charge on any atom is -0.365 e. The van der Waals surface area contributed by atoms with Crippen LogP contribution in [0.3, 0.4) is 0 Å². The molecule has 0 saturated heterocycles. The van der Waals surface area contributed by atoms with Gasteiger partial charge >= 0.3 is 0 Å². The molecule has 214 valence electrons. The summed E-state index contributed by atoms with van der Waals surface area (Å²) in [7, 11) is 1.82. The van der Waals surface area contributed by atoms with Crippen molar-refractivity contribution in [2.45, 2.75) is 33.7 Å². The van der Waals surface area contributed by atoms with Crippen molar-refractivity contribution in [2.24, 2.45) is 12.8 Å². The predicted octanol–water partition coefficient (Wildman–Crippen LogP) is 4.53. The quantitative estimate of drug-likeness (QED) is 0.277. The first-order valence-electron chi connectivity index (χ1n) is 12.8. The summed E-state index contributed by atoms with van der Waals surface area (Å²) >= 11 is 0.829. The van der Waals surface area contributed by atoms with Crippen molar-refractivity contribution in [1.29, 1.82) is 0 Å². The second-order valence-corrected chi connectivity index (χ2v) is 10.6. The molecule has 12 nitrogen and oxygen atoms in total. The number of pyridine rings is 1. The third-order valence-corrected chi connectivity index (χ3v) is 8.26. The van der Waals surface area contributed by atoms with E-state index >= 15 is 0 Å². The summed E-state index contributed by atoms with van der Waals surface area (Å²) in [5.74, 6) is -1.49. The van der Waals surface area contributed by atoms with Gasteiger partial charge < -0.3 is 11.1 Å². The third kappa shape index (κ3) is 4.29. The summed E-state index contributed by atoms with van der Waals surface area (Å²) < 4.78 is 32.7. The molecule has 0 radical (unpaired) electrons. The van der Waals surface area contributed by atoms with E-state index in [2.05, 4.69) is 30.6 Å². The fourth-order valence-electron chi connectivity index (χ4n) is 4.90. The summed E-state index contributed by atoms with van der Waals surface area (Å²) in [4.78, 5) is 34.7. The molecule has 6 heterocycles. The summed E-state index contributed by atoms with van der Waals surface area (Å²) in [6.07, 6.45) is 2.00. The minimum absolute atomic E-state index is 0.0138. The van der Waals surface area contributed by atoms with Crippen molar-refractivity contribution in [3.63, 3.8) is 0 Å². The summed E-state index contributed by atoms with van der Waals surface area (Å²) in [5.41, 5.74) is 9.72. The van der Waals surface area contributed by atoms with Gasteiger partial charge in [-0.25, -0.2) is 23.3 Å². The molecule has 42 heavy (non-hydrogen) atoms. The standard InChI is InChI=1S/C27H24F2N10O2S/c1-5-38-13(3)15(10-33-38)14-8-17(24(28)29)34-27-21(14)22(23(42-27)25(30)40)35-26(41)18-9-20-31-7-6-19(39(20)36-18)16-11-32-37(4)12(16)2/h6-11,24H,5H2,1-4H3,(H2,30,40)(H,35,41). The van der Waals surface area contributed by atoms with Crippen molar-refractivity contribution in [1.82, 2.24) is 39.1 Å². The van der Waals surface area contributed by atoms with Gasteiger partial charge in [-0.15, -0.1) is 11.3 Å². The van der Waals surface area contributed by atoms with Crippen molar-refractivity contribution in [3.05, 3.63) is 64.4 Å². The van der Waals surface area contributed by atoms with Gasteiger partial charge in [-0.3, -0.25) is 19.0 Å². The number of nitrogens with zero attached hydrogens (tertiary/aromatic N) is 8. The number of thiophene rings is 1. The normalized spacial score (nSPS) is 11.7. The van der Waals surface area contributed by atoms with E-state index in [9.17, 15) is 18.4 Å². The Morgan fingerprint density at radius 1 is 1.10 bits per heavy atom. The Morgan fingerprint density at radius 3 is 2.50 bits per heavy atom. The number of hydrogen-bond acceptors (Lipinski definition) is 8. The van der Waals surface area contributed by atoms with Gasteiger partial charge in [-0.1, -0.05) is 0 Å². The van der Waals surface area contributed by atoms with Gasteiger partial charge in [0.25, 0.3) is 18.2 Å². The van der Waals surface area contributed by atoms with Crippen LogP contribution in [0.1, 0.15) is 50.6 Å². The lowest BCUT2D eigenvalue weighted by Gasteiger charge is -2.10. The van der Waals surface area contributed by atoms with Crippen LogP contribution in [-0.2, 0) is 13.6 Å². The van der Waals surface area contributed by atoms with Gasteiger partial charge in [0, 0.05) is 53.8 Å². The number of aromatic nitrogens is 8. The molecule has 0 saturated carbocycles. The second-order valence-electron chi connectivity index (χ2n) is 9.56. The molecule has 15 heteroatoms. The zero-order valence-corrected chi connectivity index (χ0v) is 23.7. The topological polar surface area (TPSA) is 151 Å². The first-order chi connectivity index (χ1) is 20.1. The van der Waals surface area contributed by atoms with Crippen molar-refractivity contribution in [3.8, 4) is 22.4 Å². The molecular formula is C27H24F2N10O2S. The number of fused-ring (bicyclic) bond motifs is 2. The lowest BCUT2D eigenvalue weighted by molar-refractivity contribution is 0.100. The zero-order valence-electron chi connectivity index (χ0n) is 22.9. The highest BCUT2D eigenvalue weighted by atomic mass is 32.1. The predicted molar refractivity (Wildman–Crippen MR) is 153 cm³/mol. The van der Waals surface area contributed by atoms with E-state index in [1.807, 2.05) is 27.8 Å². The van der Waals surface area contributed by atoms with Crippen LogP contribution in [0.25, 0.3) is 38.2 Å². The number of carbonyl (C=O) groups is 2. The highest BCUT2D eigenvalue weighted by molar-refractivity contribution is 7.21. The molecule has 0 aliphatic carbocycles. The van der Waals surface area contributed by atoms with Crippen molar-refractivity contribution >= 4 is 44.7 Å². The molecule has 0 unspecified atom stereocenters. The zero-order chi connectivity index (χ0) is 29.9. The fraction of sp³-hybridized carbons (Fsp3) is 0.222. The van der Waals surface area contributed by atoms with Crippen LogP contribution in [0.2, 0.25) is 0 Å². The van der Waals surface area contributed by atoms with Crippen LogP contribution in [-0.4, -0.2) is 51.0 Å². The molecule has 6 rings (SSSR count). The molecule has 3 N–H and O–H groups in total. The number of nitrogens with two attached hydrogens (primary N) is 1. The maximum absolute atomic E-state index is 13.9. The number of halogens is 2. The average molecular weight is 591 g/mol. The number of amides is 2. The molecule has 6 aromatic rings. The number of nitrogens with one attached hydrogen (secondary N) is 1. The van der Waals surface area contributed by atoms with Gasteiger partial charge in [0.1, 0.15) is 15.4 Å². The molecule has 0 fully saturated rings. The van der Waals surface area contributed by atoms with E-state index in [1.165, 1.54) is 16.6 Å². The Kier molecular flexibility index (Phi) is 6.52. The Bertz CT molecular complexity index is 2040. The molecule has 0 aliphatic rings. The van der Waals surface area contributed by atoms with Gasteiger partial charge in [0.15, 0.2) is 11.3 Å². The largest absolute Gasteiger partial charge is 0.365 e. The highest BCUT2D eigenvalue weighted by Gasteiger charge is 2.27. The smallest absolute Gasteiger partial charge is 0.280 e. The van der Waals surface area contributed by atoms with Crippen LogP contribution < -0.4 is 11.1 Å². The Morgan fingerprint density at radius 2 is 1.86 bits per heavy atom. The molecular weight excluding hydrogens is 566 g/mol. The number of alkyl halides is 2. The van der Waals surface area contributed by atoms with E-state index in [0.29, 0.717) is 34.4 Å². The summed E-state index contributed by atoms with van der Waals surface area (Å²) in [5, 5.41) is 16.2. The number of rotatable bonds is 7. The molecule has 0 bridgehead atoms. The third-order valence-electron chi connectivity index (χ3n) is 7.16. The van der Waals surface area contributed by atoms with Gasteiger partial charge in [-0.05, 0) is 38.5 Å². The monoisotopic (exact) mass is 590 g/mol. The molecule has 0 atom stereocenters. The van der Waals surface area contributed by atoms with E-state index in [4.69, 9.17) is 5.73 Å². The number of hydrogen-bond donors (Lipinski definition) is 2. The molecule has 0 spiro atoms. The Hall–Kier alpha value is -5.05. The second kappa shape index (κ2) is 10.1. The lowest BCUT2D eigenvalue weighted by Crippen LogP contribution is -2.17. The number of anilines is 1. The van der Waals surface area contributed by atoms with Crippen LogP contribution in [0.4, 0.5) is 14.5 Å². The Balaban J connectivity index is 1.50. The maximum Gasteiger partial charge on any atom is 0.280 e. The molecule has 0 aliphatic heterocycles. The molecule has 6 aromatic heterocycles. The number of carbonyl (C=O) groups excluding carboxylic acids is 2. The van der Waals surface area contributed by atoms with E-state index in [0.717, 1.165) is 28.3 Å². The number of primary amides is 1. The molecule has 0 aromatic carbocycles. The van der Waals surface area contributed by atoms with Crippen molar-refractivity contribution in [2.75, 3.05) is 5.32 Å². The van der Waals surface area contributed by atoms with Crippen LogP contribution in [0.5, 0.6) is 0 Å². The van der Waals surface area contributed by atoms with Crippen LogP contribution in [0, 0.1) is 13.8 Å². The van der Waals surface area contributed by atoms with Gasteiger partial charge in [0.05, 0.1) is 23.8 Å². The van der Waals surface area contributed by atoms with Gasteiger partial charge in [-0.2, -0.15) is 15.3 Å². The number of aryl methyl sites for hydroxylation is 2. The summed E-state index contributed by atoms with van der Waals surface area (Å²) in [6.45, 7) is 6.19. The summed E-state index contributed by atoms with van der Waals surface area (Å²) in [6, 6.07) is 4.52. The SMILES string of the molecule is CCn1ncc(-c2cc(C(F)F)nc3sc(C(N)=O)c(NC(=O)c4cc5nccc(-c6cnn(C)c6C)n5n4)c23)c1C. The first kappa shape index (κ1) is 27.1. The fourth-order valence-corrected chi connectivity index (χ4v) is 5.92. The minimum atomic E-state index is -2.87. The highest BCUT2D eigenvalue weighted by Crippen LogP contribution is 2.43. The van der Waals surface area contributed by atoms with Gasteiger partial charge in [0.2, 0.25) is 0 Å². The Labute approximate surface area is 240 Å². The van der Waals surface area contributed by atoms with Crippen LogP contribution in [0.15, 0.2) is 36.8 Å². The van der Waals surface area contributed by atoms with E-state index in [-0.39, 0.29) is 21.1 Å². The van der Waals surface area contributed by atoms with Crippen LogP contribution >= 0.6 is 11.3 Å². The van der Waals surface area contributed by atoms with E-state index < -0.39 is 23.9 Å². The van der Waals surface area contributed by atoms with Crippen molar-refractivity contribution < 1.29 is 18.4 Å². The maximum atomic E-state index is 13.9.